The van der Waals surface area contributed by atoms with Crippen LogP contribution in [-0.4, -0.2) is 54.9 Å². The molecule has 1 saturated heterocycles. The molecule has 0 bridgehead atoms. The van der Waals surface area contributed by atoms with E-state index in [1.165, 1.54) is 0 Å². The maximum absolute atomic E-state index is 12.2. The molecule has 0 amide bonds. The van der Waals surface area contributed by atoms with Crippen molar-refractivity contribution in [1.29, 1.82) is 0 Å². The number of ketones is 1. The lowest BCUT2D eigenvalue weighted by molar-refractivity contribution is -0.123. The van der Waals surface area contributed by atoms with Crippen molar-refractivity contribution in [1.82, 2.24) is 9.80 Å². The lowest BCUT2D eigenvalue weighted by Gasteiger charge is -2.38. The molecule has 1 unspecified atom stereocenters. The number of carbonyl (C=O) groups is 1. The summed E-state index contributed by atoms with van der Waals surface area (Å²) in [5, 5.41) is 0. The van der Waals surface area contributed by atoms with Crippen LogP contribution in [0.2, 0.25) is 0 Å². The van der Waals surface area contributed by atoms with Gasteiger partial charge in [0, 0.05) is 32.7 Å². The summed E-state index contributed by atoms with van der Waals surface area (Å²) < 4.78 is 5.78. The third-order valence-corrected chi connectivity index (χ3v) is 4.69. The second-order valence-corrected chi connectivity index (χ2v) is 6.46. The van der Waals surface area contributed by atoms with Gasteiger partial charge in [-0.1, -0.05) is 48.5 Å². The van der Waals surface area contributed by atoms with Crippen molar-refractivity contribution >= 4 is 5.78 Å². The van der Waals surface area contributed by atoms with Crippen molar-refractivity contribution in [3.8, 4) is 5.75 Å². The van der Waals surface area contributed by atoms with Crippen molar-refractivity contribution in [3.05, 3.63) is 66.2 Å². The zero-order chi connectivity index (χ0) is 17.5. The van der Waals surface area contributed by atoms with Gasteiger partial charge in [0.15, 0.2) is 5.78 Å². The van der Waals surface area contributed by atoms with Crippen molar-refractivity contribution in [2.24, 2.45) is 0 Å². The molecule has 3 rings (SSSR count). The maximum Gasteiger partial charge on any atom is 0.151 e. The predicted octanol–water partition coefficient (Wildman–Crippen LogP) is 3.01. The first-order chi connectivity index (χ1) is 12.2. The lowest BCUT2D eigenvalue weighted by atomic mass is 10.0. The zero-order valence-corrected chi connectivity index (χ0v) is 14.8. The van der Waals surface area contributed by atoms with Crippen molar-refractivity contribution in [3.63, 3.8) is 0 Å². The van der Waals surface area contributed by atoms with Gasteiger partial charge < -0.3 is 4.74 Å². The Morgan fingerprint density at radius 1 is 0.960 bits per heavy atom. The highest BCUT2D eigenvalue weighted by Crippen LogP contribution is 2.23. The SMILES string of the molecule is CC(=O)C(c1ccccc1)N1CCN(CCOc2ccccc2)CC1. The average Bonchev–Trinajstić information content (AvgIpc) is 2.65. The molecule has 0 saturated carbocycles. The van der Waals surface area contributed by atoms with Gasteiger partial charge in [-0.25, -0.2) is 0 Å². The van der Waals surface area contributed by atoms with Crippen LogP contribution in [0.15, 0.2) is 60.7 Å². The Balaban J connectivity index is 1.48. The number of rotatable bonds is 7. The van der Waals surface area contributed by atoms with Gasteiger partial charge in [0.1, 0.15) is 12.4 Å². The number of benzene rings is 2. The largest absolute Gasteiger partial charge is 0.492 e. The van der Waals surface area contributed by atoms with Crippen LogP contribution < -0.4 is 4.74 Å². The van der Waals surface area contributed by atoms with Crippen LogP contribution in [-0.2, 0) is 4.79 Å². The van der Waals surface area contributed by atoms with Crippen molar-refractivity contribution in [2.75, 3.05) is 39.3 Å². The Labute approximate surface area is 150 Å². The molecule has 0 radical (unpaired) electrons. The summed E-state index contributed by atoms with van der Waals surface area (Å²) in [4.78, 5) is 16.9. The molecule has 1 atom stereocenters. The highest BCUT2D eigenvalue weighted by molar-refractivity contribution is 5.82. The molecular weight excluding hydrogens is 312 g/mol. The molecule has 1 heterocycles. The standard InChI is InChI=1S/C21H26N2O2/c1-18(24)21(19-8-4-2-5-9-19)23-14-12-22(13-15-23)16-17-25-20-10-6-3-7-11-20/h2-11,21H,12-17H2,1H3. The molecule has 0 aliphatic carbocycles. The zero-order valence-electron chi connectivity index (χ0n) is 14.8. The predicted molar refractivity (Wildman–Crippen MR) is 99.8 cm³/mol. The summed E-state index contributed by atoms with van der Waals surface area (Å²) >= 11 is 0. The second kappa shape index (κ2) is 8.79. The molecule has 1 aliphatic rings. The summed E-state index contributed by atoms with van der Waals surface area (Å²) in [5.74, 6) is 1.13. The third-order valence-electron chi connectivity index (χ3n) is 4.69. The minimum absolute atomic E-state index is 0.121. The topological polar surface area (TPSA) is 32.8 Å². The maximum atomic E-state index is 12.2. The first kappa shape index (κ1) is 17.6. The molecule has 0 N–H and O–H groups in total. The molecule has 1 fully saturated rings. The number of hydrogen-bond donors (Lipinski definition) is 0. The van der Waals surface area contributed by atoms with Crippen LogP contribution in [0.4, 0.5) is 0 Å². The summed E-state index contributed by atoms with van der Waals surface area (Å²) in [6.45, 7) is 7.05. The first-order valence-electron chi connectivity index (χ1n) is 8.93. The van der Waals surface area contributed by atoms with Gasteiger partial charge in [-0.05, 0) is 24.6 Å². The van der Waals surface area contributed by atoms with E-state index in [0.29, 0.717) is 6.61 Å². The highest BCUT2D eigenvalue weighted by Gasteiger charge is 2.27. The van der Waals surface area contributed by atoms with E-state index in [0.717, 1.165) is 44.0 Å². The fourth-order valence-electron chi connectivity index (χ4n) is 3.39. The van der Waals surface area contributed by atoms with E-state index < -0.39 is 0 Å². The number of ether oxygens (including phenoxy) is 1. The van der Waals surface area contributed by atoms with Gasteiger partial charge in [0.25, 0.3) is 0 Å². The number of hydrogen-bond acceptors (Lipinski definition) is 4. The Bertz CT molecular complexity index is 652. The molecule has 132 valence electrons. The molecule has 2 aromatic rings. The van der Waals surface area contributed by atoms with Gasteiger partial charge in [-0.15, -0.1) is 0 Å². The monoisotopic (exact) mass is 338 g/mol. The minimum Gasteiger partial charge on any atom is -0.492 e. The Morgan fingerprint density at radius 2 is 1.56 bits per heavy atom. The molecule has 25 heavy (non-hydrogen) atoms. The second-order valence-electron chi connectivity index (χ2n) is 6.46. The summed E-state index contributed by atoms with van der Waals surface area (Å²) in [5.41, 5.74) is 1.09. The molecule has 4 heteroatoms. The lowest BCUT2D eigenvalue weighted by Crippen LogP contribution is -2.49. The summed E-state index contributed by atoms with van der Waals surface area (Å²) in [6.07, 6.45) is 0. The van der Waals surface area contributed by atoms with E-state index in [9.17, 15) is 4.79 Å². The van der Waals surface area contributed by atoms with E-state index in [1.54, 1.807) is 6.92 Å². The molecule has 0 spiro atoms. The quantitative estimate of drug-likeness (QED) is 0.777. The van der Waals surface area contributed by atoms with Crippen LogP contribution in [0.25, 0.3) is 0 Å². The third kappa shape index (κ3) is 4.91. The Kier molecular flexibility index (Phi) is 6.20. The first-order valence-corrected chi connectivity index (χ1v) is 8.93. The van der Waals surface area contributed by atoms with Gasteiger partial charge in [0.05, 0.1) is 6.04 Å². The fourth-order valence-corrected chi connectivity index (χ4v) is 3.39. The highest BCUT2D eigenvalue weighted by atomic mass is 16.5. The fraction of sp³-hybridized carbons (Fsp3) is 0.381. The molecule has 2 aromatic carbocycles. The number of nitrogens with zero attached hydrogens (tertiary/aromatic N) is 2. The molecule has 1 aliphatic heterocycles. The smallest absolute Gasteiger partial charge is 0.151 e. The number of carbonyl (C=O) groups excluding carboxylic acids is 1. The van der Waals surface area contributed by atoms with Gasteiger partial charge >= 0.3 is 0 Å². The van der Waals surface area contributed by atoms with Crippen molar-refractivity contribution < 1.29 is 9.53 Å². The normalized spacial score (nSPS) is 17.2. The van der Waals surface area contributed by atoms with Gasteiger partial charge in [0.2, 0.25) is 0 Å². The van der Waals surface area contributed by atoms with Crippen LogP contribution in [0, 0.1) is 0 Å². The average molecular weight is 338 g/mol. The van der Waals surface area contributed by atoms with E-state index in [4.69, 9.17) is 4.74 Å². The number of para-hydroxylation sites is 1. The van der Waals surface area contributed by atoms with Crippen LogP contribution >= 0.6 is 0 Å². The van der Waals surface area contributed by atoms with E-state index >= 15 is 0 Å². The van der Waals surface area contributed by atoms with Crippen LogP contribution in [0.3, 0.4) is 0 Å². The van der Waals surface area contributed by atoms with Crippen LogP contribution in [0.5, 0.6) is 5.75 Å². The van der Waals surface area contributed by atoms with Crippen LogP contribution in [0.1, 0.15) is 18.5 Å². The molecular formula is C21H26N2O2. The van der Waals surface area contributed by atoms with E-state index in [2.05, 4.69) is 9.80 Å². The number of piperazine rings is 1. The molecule has 0 aromatic heterocycles. The summed E-state index contributed by atoms with van der Waals surface area (Å²) in [7, 11) is 0. The van der Waals surface area contributed by atoms with E-state index in [-0.39, 0.29) is 11.8 Å². The van der Waals surface area contributed by atoms with E-state index in [1.807, 2.05) is 60.7 Å². The Morgan fingerprint density at radius 3 is 2.16 bits per heavy atom. The van der Waals surface area contributed by atoms with Gasteiger partial charge in [-0.2, -0.15) is 0 Å². The van der Waals surface area contributed by atoms with Crippen molar-refractivity contribution in [2.45, 2.75) is 13.0 Å². The molecule has 4 nitrogen and oxygen atoms in total. The number of Topliss-reactive ketones (excluding diaryl/α,β-unsaturated/α-hetero) is 1. The Hall–Kier alpha value is -2.17. The van der Waals surface area contributed by atoms with Gasteiger partial charge in [-0.3, -0.25) is 14.6 Å². The minimum atomic E-state index is -0.121. The summed E-state index contributed by atoms with van der Waals surface area (Å²) in [6, 6.07) is 19.9.